The fraction of sp³-hybridized carbons (Fsp3) is 0.889. The molecular weight excluding hydrogens is 181 g/mol. The maximum atomic E-state index is 2.43. The van der Waals surface area contributed by atoms with Gasteiger partial charge in [-0.25, -0.2) is 0 Å². The second-order valence-electron chi connectivity index (χ2n) is 3.47. The number of hydrogen-bond acceptors (Lipinski definition) is 0. The minimum absolute atomic E-state index is 0.0398. The number of rotatable bonds is 4. The Labute approximate surface area is 71.4 Å². The Morgan fingerprint density at radius 3 is 2.20 bits per heavy atom. The molecule has 0 aliphatic heterocycles. The van der Waals surface area contributed by atoms with Gasteiger partial charge in [-0.05, 0) is 0 Å². The van der Waals surface area contributed by atoms with Crippen molar-refractivity contribution in [3.8, 4) is 0 Å². The van der Waals surface area contributed by atoms with E-state index < -0.39 is 0 Å². The van der Waals surface area contributed by atoms with Crippen LogP contribution in [0.5, 0.6) is 0 Å². The third-order valence-electron chi connectivity index (χ3n) is 1.72. The molecule has 0 bridgehead atoms. The van der Waals surface area contributed by atoms with Crippen LogP contribution in [0.2, 0.25) is 4.75 Å². The molecule has 0 amide bonds. The Morgan fingerprint density at radius 2 is 1.80 bits per heavy atom. The molecule has 0 aliphatic rings. The molecule has 10 heavy (non-hydrogen) atoms. The van der Waals surface area contributed by atoms with Crippen LogP contribution in [0.4, 0.5) is 0 Å². The van der Waals surface area contributed by atoms with Crippen molar-refractivity contribution in [2.75, 3.05) is 0 Å². The van der Waals surface area contributed by atoms with E-state index in [1.807, 2.05) is 0 Å². The van der Waals surface area contributed by atoms with Crippen LogP contribution in [0.1, 0.15) is 40.5 Å². The summed E-state index contributed by atoms with van der Waals surface area (Å²) in [5, 5.41) is 0. The molecule has 1 unspecified atom stereocenters. The molecule has 0 rings (SSSR count). The second-order valence-corrected chi connectivity index (χ2v) is 8.07. The van der Waals surface area contributed by atoms with Gasteiger partial charge in [0.05, 0.1) is 0 Å². The normalized spacial score (nSPS) is 14.9. The van der Waals surface area contributed by atoms with Crippen molar-refractivity contribution < 1.29 is 0 Å². The van der Waals surface area contributed by atoms with Crippen molar-refractivity contribution in [1.29, 1.82) is 0 Å². The topological polar surface area (TPSA) is 0 Å². The van der Waals surface area contributed by atoms with E-state index in [9.17, 15) is 0 Å². The average Bonchev–Trinajstić information content (AvgIpc) is 1.85. The summed E-state index contributed by atoms with van der Waals surface area (Å²) in [6.07, 6.45) is 2.88. The molecule has 0 aliphatic carbocycles. The Morgan fingerprint density at radius 1 is 1.20 bits per heavy atom. The van der Waals surface area contributed by atoms with Gasteiger partial charge in [-0.3, -0.25) is 0 Å². The van der Waals surface area contributed by atoms with Crippen molar-refractivity contribution in [3.05, 3.63) is 0 Å². The van der Waals surface area contributed by atoms with Gasteiger partial charge in [0.25, 0.3) is 0 Å². The summed E-state index contributed by atoms with van der Waals surface area (Å²) < 4.78 is 1.05. The molecule has 0 aromatic heterocycles. The van der Waals surface area contributed by atoms with E-state index in [1.54, 1.807) is 0 Å². The molecule has 0 N–H and O–H groups in total. The van der Waals surface area contributed by atoms with Gasteiger partial charge in [0.15, 0.2) is 0 Å². The summed E-state index contributed by atoms with van der Waals surface area (Å²) in [6.45, 7) is 9.24. The summed E-state index contributed by atoms with van der Waals surface area (Å²) in [4.78, 5) is 2.43. The van der Waals surface area contributed by atoms with Gasteiger partial charge in [-0.15, -0.1) is 0 Å². The van der Waals surface area contributed by atoms with E-state index in [-0.39, 0.29) is 15.0 Å². The predicted molar refractivity (Wildman–Crippen MR) is 52.4 cm³/mol. The van der Waals surface area contributed by atoms with E-state index in [4.69, 9.17) is 0 Å². The first-order valence-corrected chi connectivity index (χ1v) is 7.09. The molecule has 0 aromatic rings. The van der Waals surface area contributed by atoms with Crippen molar-refractivity contribution in [2.45, 2.75) is 45.3 Å². The zero-order valence-electron chi connectivity index (χ0n) is 7.72. The molecule has 0 radical (unpaired) electrons. The molecule has 0 heterocycles. The van der Waals surface area contributed by atoms with Gasteiger partial charge in [0.1, 0.15) is 0 Å². The van der Waals surface area contributed by atoms with Gasteiger partial charge in [-0.2, -0.15) is 0 Å². The van der Waals surface area contributed by atoms with Crippen molar-refractivity contribution in [3.63, 3.8) is 0 Å². The summed E-state index contributed by atoms with van der Waals surface area (Å²) in [7, 11) is 0. The van der Waals surface area contributed by atoms with E-state index in [2.05, 4.69) is 32.5 Å². The summed E-state index contributed by atoms with van der Waals surface area (Å²) in [6, 6.07) is 0. The summed E-state index contributed by atoms with van der Waals surface area (Å²) in [5.41, 5.74) is 0. The van der Waals surface area contributed by atoms with E-state index in [0.29, 0.717) is 0 Å². The van der Waals surface area contributed by atoms with Crippen LogP contribution < -0.4 is 0 Å². The SMILES string of the molecule is C[CH]=[GeH][CH](C)CCC(C)C. The van der Waals surface area contributed by atoms with Crippen molar-refractivity contribution >= 4 is 19.8 Å². The maximum absolute atomic E-state index is 2.43. The molecule has 0 saturated carbocycles. The van der Waals surface area contributed by atoms with Crippen LogP contribution in [0.25, 0.3) is 0 Å². The molecule has 1 atom stereocenters. The van der Waals surface area contributed by atoms with Gasteiger partial charge < -0.3 is 0 Å². The average molecular weight is 201 g/mol. The van der Waals surface area contributed by atoms with Gasteiger partial charge in [0, 0.05) is 0 Å². The second kappa shape index (κ2) is 6.14. The van der Waals surface area contributed by atoms with Gasteiger partial charge in [-0.1, -0.05) is 0 Å². The first kappa shape index (κ1) is 10.4. The van der Waals surface area contributed by atoms with Crippen LogP contribution in [0.15, 0.2) is 0 Å². The van der Waals surface area contributed by atoms with E-state index in [1.165, 1.54) is 12.8 Å². The third kappa shape index (κ3) is 6.53. The molecule has 60 valence electrons. The Hall–Kier alpha value is 0.413. The zero-order chi connectivity index (χ0) is 7.98. The van der Waals surface area contributed by atoms with Crippen LogP contribution in [-0.4, -0.2) is 19.8 Å². The quantitative estimate of drug-likeness (QED) is 0.612. The van der Waals surface area contributed by atoms with Crippen molar-refractivity contribution in [1.82, 2.24) is 0 Å². The predicted octanol–water partition coefficient (Wildman–Crippen LogP) is 2.49. The van der Waals surface area contributed by atoms with E-state index in [0.717, 1.165) is 10.7 Å². The molecular formula is C9H20Ge. The Kier molecular flexibility index (Phi) is 6.40. The van der Waals surface area contributed by atoms with Gasteiger partial charge >= 0.3 is 71.0 Å². The summed E-state index contributed by atoms with van der Waals surface area (Å²) in [5.74, 6) is 0.899. The molecule has 0 spiro atoms. The third-order valence-corrected chi connectivity index (χ3v) is 4.61. The molecule has 1 heteroatoms. The fourth-order valence-electron chi connectivity index (χ4n) is 1.02. The summed E-state index contributed by atoms with van der Waals surface area (Å²) >= 11 is 0.0398. The molecule has 0 fully saturated rings. The first-order chi connectivity index (χ1) is 4.66. The minimum atomic E-state index is 0.0398. The van der Waals surface area contributed by atoms with Gasteiger partial charge in [0.2, 0.25) is 0 Å². The zero-order valence-corrected chi connectivity index (χ0v) is 10.1. The van der Waals surface area contributed by atoms with Crippen LogP contribution in [0, 0.1) is 5.92 Å². The molecule has 0 saturated heterocycles. The number of hydrogen-bond donors (Lipinski definition) is 0. The Bertz CT molecular complexity index is 94.9. The Balaban J connectivity index is 3.30. The van der Waals surface area contributed by atoms with Crippen LogP contribution in [-0.2, 0) is 0 Å². The first-order valence-electron chi connectivity index (χ1n) is 4.29. The van der Waals surface area contributed by atoms with Crippen LogP contribution in [0.3, 0.4) is 0 Å². The molecule has 0 aromatic carbocycles. The fourth-order valence-corrected chi connectivity index (χ4v) is 3.21. The monoisotopic (exact) mass is 202 g/mol. The van der Waals surface area contributed by atoms with E-state index >= 15 is 0 Å². The molecule has 0 nitrogen and oxygen atoms in total. The van der Waals surface area contributed by atoms with Crippen molar-refractivity contribution in [2.24, 2.45) is 5.92 Å². The standard InChI is InChI=1S/C9H20Ge/c1-5-10-9(4)7-6-8(2)3/h5,8-10H,6-7H2,1-4H3. The van der Waals surface area contributed by atoms with Crippen LogP contribution >= 0.6 is 0 Å².